The fourth-order valence-electron chi connectivity index (χ4n) is 2.35. The van der Waals surface area contributed by atoms with Crippen molar-refractivity contribution in [3.05, 3.63) is 57.2 Å². The molecule has 0 unspecified atom stereocenters. The standard InChI is InChI=1S/C15H10F5NO3/c1-4-6(7(5(2)21-4)15(23)24-3)14(22)8-9(16)11(18)13(20)12(19)10(8)17/h21H,1-3H3. The molecule has 0 aliphatic heterocycles. The Labute approximate surface area is 132 Å². The van der Waals surface area contributed by atoms with E-state index in [-0.39, 0.29) is 17.0 Å². The number of carbonyl (C=O) groups is 2. The molecule has 0 aliphatic rings. The summed E-state index contributed by atoms with van der Waals surface area (Å²) in [4.78, 5) is 26.8. The summed E-state index contributed by atoms with van der Waals surface area (Å²) in [5, 5.41) is 0. The highest BCUT2D eigenvalue weighted by Gasteiger charge is 2.34. The van der Waals surface area contributed by atoms with Gasteiger partial charge in [-0.3, -0.25) is 4.79 Å². The molecular weight excluding hydrogens is 337 g/mol. The number of halogens is 5. The summed E-state index contributed by atoms with van der Waals surface area (Å²) in [6, 6.07) is 0. The molecule has 0 saturated carbocycles. The van der Waals surface area contributed by atoms with Crippen LogP contribution in [0.15, 0.2) is 0 Å². The first-order valence-corrected chi connectivity index (χ1v) is 6.47. The average molecular weight is 347 g/mol. The van der Waals surface area contributed by atoms with Crippen LogP contribution in [0.1, 0.15) is 37.7 Å². The Morgan fingerprint density at radius 3 is 1.62 bits per heavy atom. The fraction of sp³-hybridized carbons (Fsp3) is 0.200. The van der Waals surface area contributed by atoms with Crippen LogP contribution in [0.5, 0.6) is 0 Å². The predicted octanol–water partition coefficient (Wildman–Crippen LogP) is 3.34. The first-order valence-electron chi connectivity index (χ1n) is 6.47. The van der Waals surface area contributed by atoms with E-state index in [1.54, 1.807) is 0 Å². The number of nitrogens with one attached hydrogen (secondary N) is 1. The normalized spacial score (nSPS) is 10.8. The number of rotatable bonds is 3. The monoisotopic (exact) mass is 347 g/mol. The molecule has 0 spiro atoms. The smallest absolute Gasteiger partial charge is 0.340 e. The molecule has 0 atom stereocenters. The van der Waals surface area contributed by atoms with Gasteiger partial charge in [0.25, 0.3) is 0 Å². The zero-order valence-corrected chi connectivity index (χ0v) is 12.6. The van der Waals surface area contributed by atoms with Crippen LogP contribution in [0, 0.1) is 42.9 Å². The molecule has 0 amide bonds. The maximum atomic E-state index is 13.8. The third-order valence-corrected chi connectivity index (χ3v) is 3.43. The topological polar surface area (TPSA) is 59.2 Å². The highest BCUT2D eigenvalue weighted by molar-refractivity contribution is 6.16. The first-order chi connectivity index (χ1) is 11.1. The van der Waals surface area contributed by atoms with Gasteiger partial charge in [0.15, 0.2) is 23.3 Å². The van der Waals surface area contributed by atoms with Crippen molar-refractivity contribution in [1.29, 1.82) is 0 Å². The van der Waals surface area contributed by atoms with Crippen LogP contribution < -0.4 is 0 Å². The summed E-state index contributed by atoms with van der Waals surface area (Å²) in [6.07, 6.45) is 0. The molecule has 2 aromatic rings. The molecule has 0 saturated heterocycles. The van der Waals surface area contributed by atoms with E-state index in [0.29, 0.717) is 0 Å². The van der Waals surface area contributed by atoms with Crippen LogP contribution in [0.3, 0.4) is 0 Å². The molecule has 1 N–H and O–H groups in total. The van der Waals surface area contributed by atoms with E-state index in [2.05, 4.69) is 9.72 Å². The third-order valence-electron chi connectivity index (χ3n) is 3.43. The van der Waals surface area contributed by atoms with Crippen LogP contribution in [-0.2, 0) is 4.74 Å². The predicted molar refractivity (Wildman–Crippen MR) is 71.3 cm³/mol. The number of hydrogen-bond donors (Lipinski definition) is 1. The van der Waals surface area contributed by atoms with Crippen molar-refractivity contribution < 1.29 is 36.3 Å². The van der Waals surface area contributed by atoms with E-state index in [1.807, 2.05) is 0 Å². The number of carbonyl (C=O) groups excluding carboxylic acids is 2. The quantitative estimate of drug-likeness (QED) is 0.305. The molecule has 24 heavy (non-hydrogen) atoms. The van der Waals surface area contributed by atoms with Crippen molar-refractivity contribution in [2.24, 2.45) is 0 Å². The molecule has 1 heterocycles. The number of aromatic nitrogens is 1. The van der Waals surface area contributed by atoms with Crippen molar-refractivity contribution >= 4 is 11.8 Å². The lowest BCUT2D eigenvalue weighted by Crippen LogP contribution is -2.17. The molecule has 9 heteroatoms. The van der Waals surface area contributed by atoms with Crippen LogP contribution >= 0.6 is 0 Å². The molecule has 0 bridgehead atoms. The number of benzene rings is 1. The van der Waals surface area contributed by atoms with Crippen LogP contribution in [0.4, 0.5) is 22.0 Å². The van der Waals surface area contributed by atoms with Gasteiger partial charge in [0.1, 0.15) is 5.56 Å². The van der Waals surface area contributed by atoms with E-state index >= 15 is 0 Å². The second-order valence-corrected chi connectivity index (χ2v) is 4.89. The Hall–Kier alpha value is -2.71. The number of hydrogen-bond acceptors (Lipinski definition) is 3. The van der Waals surface area contributed by atoms with Gasteiger partial charge in [-0.2, -0.15) is 0 Å². The molecule has 0 fully saturated rings. The van der Waals surface area contributed by atoms with Crippen molar-refractivity contribution in [2.75, 3.05) is 7.11 Å². The molecule has 0 aliphatic carbocycles. The summed E-state index contributed by atoms with van der Waals surface area (Å²) in [7, 11) is 1.01. The number of methoxy groups -OCH3 is 1. The van der Waals surface area contributed by atoms with Gasteiger partial charge in [0.2, 0.25) is 11.6 Å². The maximum Gasteiger partial charge on any atom is 0.340 e. The highest BCUT2D eigenvalue weighted by atomic mass is 19.2. The van der Waals surface area contributed by atoms with E-state index in [9.17, 15) is 31.5 Å². The van der Waals surface area contributed by atoms with Gasteiger partial charge < -0.3 is 9.72 Å². The van der Waals surface area contributed by atoms with Gasteiger partial charge in [0, 0.05) is 11.4 Å². The van der Waals surface area contributed by atoms with Crippen LogP contribution in [0.2, 0.25) is 0 Å². The van der Waals surface area contributed by atoms with Crippen molar-refractivity contribution in [2.45, 2.75) is 13.8 Å². The minimum atomic E-state index is -2.38. The van der Waals surface area contributed by atoms with Gasteiger partial charge in [-0.05, 0) is 13.8 Å². The minimum Gasteiger partial charge on any atom is -0.465 e. The zero-order chi connectivity index (χ0) is 18.3. The minimum absolute atomic E-state index is 0.0156. The summed E-state index contributed by atoms with van der Waals surface area (Å²) in [5.41, 5.74) is -2.35. The lowest BCUT2D eigenvalue weighted by molar-refractivity contribution is 0.0597. The molecule has 1 aromatic heterocycles. The summed E-state index contributed by atoms with van der Waals surface area (Å²) in [6.45, 7) is 2.69. The van der Waals surface area contributed by atoms with E-state index < -0.39 is 52.0 Å². The molecular formula is C15H10F5NO3. The maximum absolute atomic E-state index is 13.8. The van der Waals surface area contributed by atoms with Crippen molar-refractivity contribution in [1.82, 2.24) is 4.98 Å². The second-order valence-electron chi connectivity index (χ2n) is 4.89. The molecule has 0 radical (unpaired) electrons. The summed E-state index contributed by atoms with van der Waals surface area (Å²) < 4.78 is 71.8. The second kappa shape index (κ2) is 6.06. The zero-order valence-electron chi connectivity index (χ0n) is 12.6. The van der Waals surface area contributed by atoms with E-state index in [1.165, 1.54) is 13.8 Å². The lowest BCUT2D eigenvalue weighted by Gasteiger charge is -2.09. The SMILES string of the molecule is COC(=O)c1c(C)[nH]c(C)c1C(=O)c1c(F)c(F)c(F)c(F)c1F. The molecule has 128 valence electrons. The molecule has 1 aromatic carbocycles. The molecule has 4 nitrogen and oxygen atoms in total. The number of esters is 1. The lowest BCUT2D eigenvalue weighted by atomic mass is 9.97. The van der Waals surface area contributed by atoms with Crippen molar-refractivity contribution in [3.63, 3.8) is 0 Å². The van der Waals surface area contributed by atoms with Gasteiger partial charge >= 0.3 is 5.97 Å². The Morgan fingerprint density at radius 2 is 1.17 bits per heavy atom. The average Bonchev–Trinajstić information content (AvgIpc) is 2.84. The summed E-state index contributed by atoms with van der Waals surface area (Å²) >= 11 is 0. The Balaban J connectivity index is 2.79. The number of aryl methyl sites for hydroxylation is 2. The number of ketones is 1. The van der Waals surface area contributed by atoms with Crippen LogP contribution in [0.25, 0.3) is 0 Å². The Morgan fingerprint density at radius 1 is 0.750 bits per heavy atom. The highest BCUT2D eigenvalue weighted by Crippen LogP contribution is 2.28. The number of aromatic amines is 1. The van der Waals surface area contributed by atoms with Gasteiger partial charge in [-0.25, -0.2) is 26.7 Å². The number of H-pyrrole nitrogens is 1. The first kappa shape index (κ1) is 17.6. The van der Waals surface area contributed by atoms with Crippen molar-refractivity contribution in [3.8, 4) is 0 Å². The summed E-state index contributed by atoms with van der Waals surface area (Å²) in [5.74, 6) is -13.9. The van der Waals surface area contributed by atoms with Crippen LogP contribution in [-0.4, -0.2) is 23.8 Å². The van der Waals surface area contributed by atoms with Gasteiger partial charge in [-0.1, -0.05) is 0 Å². The Bertz CT molecular complexity index is 844. The molecule has 2 rings (SSSR count). The number of ether oxygens (including phenoxy) is 1. The van der Waals surface area contributed by atoms with E-state index in [0.717, 1.165) is 7.11 Å². The van der Waals surface area contributed by atoms with Gasteiger partial charge in [-0.15, -0.1) is 0 Å². The third kappa shape index (κ3) is 2.45. The largest absolute Gasteiger partial charge is 0.465 e. The van der Waals surface area contributed by atoms with E-state index in [4.69, 9.17) is 0 Å². The van der Waals surface area contributed by atoms with Gasteiger partial charge in [0.05, 0.1) is 18.2 Å². The fourth-order valence-corrected chi connectivity index (χ4v) is 2.35. The Kier molecular flexibility index (Phi) is 4.46.